The molecule has 0 nitrogen and oxygen atoms in total. The Balaban J connectivity index is 3.60. The van der Waals surface area contributed by atoms with Crippen molar-refractivity contribution < 1.29 is 0 Å². The van der Waals surface area contributed by atoms with Gasteiger partial charge < -0.3 is 0 Å². The Morgan fingerprint density at radius 3 is 1.69 bits per heavy atom. The van der Waals surface area contributed by atoms with Gasteiger partial charge in [-0.05, 0) is 11.8 Å². The first-order chi connectivity index (χ1) is 7.76. The summed E-state index contributed by atoms with van der Waals surface area (Å²) in [6.45, 7) is 9.43. The highest BCUT2D eigenvalue weighted by molar-refractivity contribution is 4.66. The third-order valence-electron chi connectivity index (χ3n) is 3.89. The van der Waals surface area contributed by atoms with Crippen LogP contribution in [0.1, 0.15) is 91.9 Å². The Morgan fingerprint density at radius 2 is 1.19 bits per heavy atom. The van der Waals surface area contributed by atoms with Crippen LogP contribution in [0.5, 0.6) is 0 Å². The molecule has 0 spiro atoms. The molecule has 0 aromatic rings. The standard InChI is InChI=1S/C16H34/c1-5-8-9-10-11-14-15(4)16(12-6-2)13-7-3/h15-16H,5-14H2,1-4H3. The lowest BCUT2D eigenvalue weighted by atomic mass is 9.83. The van der Waals surface area contributed by atoms with Crippen molar-refractivity contribution in [1.82, 2.24) is 0 Å². The van der Waals surface area contributed by atoms with Crippen LogP contribution in [0.25, 0.3) is 0 Å². The lowest BCUT2D eigenvalue weighted by Crippen LogP contribution is -2.11. The lowest BCUT2D eigenvalue weighted by molar-refractivity contribution is 0.287. The van der Waals surface area contributed by atoms with E-state index in [0.29, 0.717) is 0 Å². The van der Waals surface area contributed by atoms with Crippen LogP contribution >= 0.6 is 0 Å². The molecule has 0 heteroatoms. The van der Waals surface area contributed by atoms with Crippen LogP contribution in [0.4, 0.5) is 0 Å². The summed E-state index contributed by atoms with van der Waals surface area (Å²) in [5.41, 5.74) is 0. The molecule has 0 aliphatic heterocycles. The summed E-state index contributed by atoms with van der Waals surface area (Å²) in [6, 6.07) is 0. The smallest absolute Gasteiger partial charge is 0.0389 e. The van der Waals surface area contributed by atoms with Gasteiger partial charge in [-0.3, -0.25) is 0 Å². The zero-order valence-corrected chi connectivity index (χ0v) is 12.2. The molecular weight excluding hydrogens is 192 g/mol. The van der Waals surface area contributed by atoms with Crippen LogP contribution in [0, 0.1) is 11.8 Å². The maximum absolute atomic E-state index is 2.48. The molecule has 16 heavy (non-hydrogen) atoms. The van der Waals surface area contributed by atoms with Crippen LogP contribution in [-0.4, -0.2) is 0 Å². The second kappa shape index (κ2) is 11.5. The predicted octanol–water partition coefficient (Wildman–Crippen LogP) is 6.20. The summed E-state index contributed by atoms with van der Waals surface area (Å²) in [7, 11) is 0. The van der Waals surface area contributed by atoms with Crippen molar-refractivity contribution in [2.45, 2.75) is 91.9 Å². The zero-order valence-electron chi connectivity index (χ0n) is 12.2. The largest absolute Gasteiger partial charge is 0.0654 e. The Bertz CT molecular complexity index is 122. The highest BCUT2D eigenvalue weighted by Crippen LogP contribution is 2.27. The molecule has 0 heterocycles. The van der Waals surface area contributed by atoms with Crippen molar-refractivity contribution in [3.8, 4) is 0 Å². The van der Waals surface area contributed by atoms with Crippen LogP contribution in [0.2, 0.25) is 0 Å². The van der Waals surface area contributed by atoms with Gasteiger partial charge in [-0.15, -0.1) is 0 Å². The minimum atomic E-state index is 0.960. The minimum Gasteiger partial charge on any atom is -0.0654 e. The van der Waals surface area contributed by atoms with E-state index in [1.165, 1.54) is 64.2 Å². The fourth-order valence-electron chi connectivity index (χ4n) is 2.76. The molecule has 0 saturated carbocycles. The number of hydrogen-bond acceptors (Lipinski definition) is 0. The van der Waals surface area contributed by atoms with Crippen LogP contribution in [-0.2, 0) is 0 Å². The van der Waals surface area contributed by atoms with Crippen molar-refractivity contribution >= 4 is 0 Å². The third-order valence-corrected chi connectivity index (χ3v) is 3.89. The van der Waals surface area contributed by atoms with E-state index in [-0.39, 0.29) is 0 Å². The molecule has 1 unspecified atom stereocenters. The maximum Gasteiger partial charge on any atom is -0.0389 e. The summed E-state index contributed by atoms with van der Waals surface area (Å²) in [4.78, 5) is 0. The molecule has 0 aliphatic rings. The second-order valence-corrected chi connectivity index (χ2v) is 5.52. The quantitative estimate of drug-likeness (QED) is 0.368. The monoisotopic (exact) mass is 226 g/mol. The van der Waals surface area contributed by atoms with Crippen molar-refractivity contribution in [3.05, 3.63) is 0 Å². The first kappa shape index (κ1) is 16.0. The fraction of sp³-hybridized carbons (Fsp3) is 1.00. The SMILES string of the molecule is CCCCCCCC(C)C(CCC)CCC. The molecule has 0 saturated heterocycles. The molecule has 98 valence electrons. The third kappa shape index (κ3) is 8.19. The first-order valence-corrected chi connectivity index (χ1v) is 7.76. The van der Waals surface area contributed by atoms with E-state index in [2.05, 4.69) is 27.7 Å². The molecule has 1 atom stereocenters. The first-order valence-electron chi connectivity index (χ1n) is 7.76. The van der Waals surface area contributed by atoms with Gasteiger partial charge in [0.25, 0.3) is 0 Å². The molecule has 0 fully saturated rings. The van der Waals surface area contributed by atoms with Gasteiger partial charge in [0.15, 0.2) is 0 Å². The number of unbranched alkanes of at least 4 members (excludes halogenated alkanes) is 4. The van der Waals surface area contributed by atoms with E-state index >= 15 is 0 Å². The van der Waals surface area contributed by atoms with Crippen LogP contribution in [0.15, 0.2) is 0 Å². The summed E-state index contributed by atoms with van der Waals surface area (Å²) < 4.78 is 0. The summed E-state index contributed by atoms with van der Waals surface area (Å²) in [5.74, 6) is 1.96. The normalized spacial score (nSPS) is 13.3. The van der Waals surface area contributed by atoms with Crippen molar-refractivity contribution in [1.29, 1.82) is 0 Å². The van der Waals surface area contributed by atoms with Gasteiger partial charge in [0, 0.05) is 0 Å². The van der Waals surface area contributed by atoms with Crippen LogP contribution in [0.3, 0.4) is 0 Å². The molecule has 0 amide bonds. The lowest BCUT2D eigenvalue weighted by Gasteiger charge is -2.23. The maximum atomic E-state index is 2.48. The van der Waals surface area contributed by atoms with Gasteiger partial charge in [0.2, 0.25) is 0 Å². The van der Waals surface area contributed by atoms with Gasteiger partial charge in [-0.1, -0.05) is 91.9 Å². The van der Waals surface area contributed by atoms with Crippen molar-refractivity contribution in [2.24, 2.45) is 11.8 Å². The molecule has 0 radical (unpaired) electrons. The molecule has 0 N–H and O–H groups in total. The number of rotatable bonds is 11. The van der Waals surface area contributed by atoms with E-state index in [1.54, 1.807) is 0 Å². The van der Waals surface area contributed by atoms with Gasteiger partial charge >= 0.3 is 0 Å². The van der Waals surface area contributed by atoms with E-state index < -0.39 is 0 Å². The van der Waals surface area contributed by atoms with Gasteiger partial charge in [0.05, 0.1) is 0 Å². The molecule has 0 rings (SSSR count). The highest BCUT2D eigenvalue weighted by atomic mass is 14.2. The van der Waals surface area contributed by atoms with Crippen LogP contribution < -0.4 is 0 Å². The van der Waals surface area contributed by atoms with Gasteiger partial charge in [0.1, 0.15) is 0 Å². The topological polar surface area (TPSA) is 0 Å². The molecule has 0 bridgehead atoms. The predicted molar refractivity (Wildman–Crippen MR) is 75.8 cm³/mol. The Hall–Kier alpha value is 0. The summed E-state index contributed by atoms with van der Waals surface area (Å²) in [5, 5.41) is 0. The second-order valence-electron chi connectivity index (χ2n) is 5.52. The van der Waals surface area contributed by atoms with Crippen molar-refractivity contribution in [2.75, 3.05) is 0 Å². The van der Waals surface area contributed by atoms with E-state index in [4.69, 9.17) is 0 Å². The molecular formula is C16H34. The van der Waals surface area contributed by atoms with E-state index in [0.717, 1.165) is 11.8 Å². The molecule has 0 aromatic carbocycles. The Labute approximate surface area is 104 Å². The number of hydrogen-bond donors (Lipinski definition) is 0. The van der Waals surface area contributed by atoms with Crippen molar-refractivity contribution in [3.63, 3.8) is 0 Å². The zero-order chi connectivity index (χ0) is 12.2. The molecule has 0 aromatic heterocycles. The average Bonchev–Trinajstić information content (AvgIpc) is 2.28. The summed E-state index contributed by atoms with van der Waals surface area (Å²) >= 11 is 0. The van der Waals surface area contributed by atoms with Gasteiger partial charge in [-0.25, -0.2) is 0 Å². The van der Waals surface area contributed by atoms with E-state index in [1.807, 2.05) is 0 Å². The minimum absolute atomic E-state index is 0.960. The fourth-order valence-corrected chi connectivity index (χ4v) is 2.76. The summed E-state index contributed by atoms with van der Waals surface area (Å²) in [6.07, 6.45) is 14.3. The molecule has 0 aliphatic carbocycles. The highest BCUT2D eigenvalue weighted by Gasteiger charge is 2.14. The van der Waals surface area contributed by atoms with E-state index in [9.17, 15) is 0 Å². The van der Waals surface area contributed by atoms with Gasteiger partial charge in [-0.2, -0.15) is 0 Å². The Morgan fingerprint density at radius 1 is 0.625 bits per heavy atom. The Kier molecular flexibility index (Phi) is 11.5. The average molecular weight is 226 g/mol.